The van der Waals surface area contributed by atoms with E-state index in [1.165, 1.54) is 0 Å². The molecule has 0 rings (SSSR count). The van der Waals surface area contributed by atoms with Gasteiger partial charge < -0.3 is 25.6 Å². The molecular weight excluding hydrogens is 228 g/mol. The van der Waals surface area contributed by atoms with E-state index in [2.05, 4.69) is 10.6 Å². The number of amides is 2. The summed E-state index contributed by atoms with van der Waals surface area (Å²) in [4.78, 5) is 21.7. The molecular formula is C10H20N2O5. The molecule has 4 N–H and O–H groups in total. The van der Waals surface area contributed by atoms with E-state index in [0.29, 0.717) is 13.2 Å². The minimum absolute atomic E-state index is 0.466. The maximum atomic E-state index is 11.2. The third kappa shape index (κ3) is 8.47. The van der Waals surface area contributed by atoms with Crippen molar-refractivity contribution in [2.24, 2.45) is 0 Å². The van der Waals surface area contributed by atoms with Crippen molar-refractivity contribution in [3.63, 3.8) is 0 Å². The van der Waals surface area contributed by atoms with Crippen LogP contribution in [-0.4, -0.2) is 55.1 Å². The van der Waals surface area contributed by atoms with Gasteiger partial charge >= 0.3 is 12.0 Å². The Morgan fingerprint density at radius 2 is 2.00 bits per heavy atom. The average molecular weight is 248 g/mol. The van der Waals surface area contributed by atoms with Crippen molar-refractivity contribution in [3.8, 4) is 0 Å². The van der Waals surface area contributed by atoms with Crippen LogP contribution in [-0.2, 0) is 9.53 Å². The molecule has 0 aromatic carbocycles. The van der Waals surface area contributed by atoms with Crippen LogP contribution in [0.3, 0.4) is 0 Å². The molecule has 0 aliphatic heterocycles. The summed E-state index contributed by atoms with van der Waals surface area (Å²) in [6.45, 7) is 0.529. The normalized spacial score (nSPS) is 11.9. The fourth-order valence-electron chi connectivity index (χ4n) is 1.14. The number of carboxylic acids is 1. The summed E-state index contributed by atoms with van der Waals surface area (Å²) in [7, 11) is 1.63. The Labute approximate surface area is 100 Å². The molecule has 1 atom stereocenters. The molecule has 0 radical (unpaired) electrons. The molecule has 7 nitrogen and oxygen atoms in total. The molecule has 0 aliphatic carbocycles. The number of rotatable bonds is 9. The van der Waals surface area contributed by atoms with Crippen molar-refractivity contribution in [1.82, 2.24) is 10.6 Å². The molecule has 0 unspecified atom stereocenters. The molecule has 2 amide bonds. The van der Waals surface area contributed by atoms with Crippen LogP contribution in [0.5, 0.6) is 0 Å². The second-order valence-corrected chi connectivity index (χ2v) is 3.53. The number of ether oxygens (including phenoxy) is 1. The maximum absolute atomic E-state index is 11.2. The van der Waals surface area contributed by atoms with Gasteiger partial charge in [0.15, 0.2) is 6.04 Å². The Morgan fingerprint density at radius 1 is 1.29 bits per heavy atom. The summed E-state index contributed by atoms with van der Waals surface area (Å²) in [5.41, 5.74) is 0. The molecule has 7 heteroatoms. The topological polar surface area (TPSA) is 108 Å². The van der Waals surface area contributed by atoms with Crippen molar-refractivity contribution < 1.29 is 24.5 Å². The van der Waals surface area contributed by atoms with E-state index in [4.69, 9.17) is 14.9 Å². The lowest BCUT2D eigenvalue weighted by atomic mass is 10.2. The van der Waals surface area contributed by atoms with Gasteiger partial charge in [-0.05, 0) is 19.3 Å². The lowest BCUT2D eigenvalue weighted by Crippen LogP contribution is -2.48. The highest BCUT2D eigenvalue weighted by Gasteiger charge is 2.17. The molecule has 17 heavy (non-hydrogen) atoms. The number of aliphatic hydroxyl groups is 1. The number of aliphatic hydroxyl groups excluding tert-OH is 1. The number of methoxy groups -OCH3 is 1. The van der Waals surface area contributed by atoms with Crippen molar-refractivity contribution in [2.45, 2.75) is 25.3 Å². The Balaban J connectivity index is 3.55. The van der Waals surface area contributed by atoms with Gasteiger partial charge in [0.25, 0.3) is 0 Å². The van der Waals surface area contributed by atoms with E-state index in [9.17, 15) is 9.59 Å². The standard InChI is InChI=1S/C10H20N2O5/c1-17-6-4-2-3-5-11-10(16)12-8(7-13)9(14)15/h8,13H,2-7H2,1H3,(H,14,15)(H2,11,12,16)/t8-/m0/s1. The molecule has 0 saturated heterocycles. The van der Waals surface area contributed by atoms with Crippen molar-refractivity contribution >= 4 is 12.0 Å². The number of hydrogen-bond donors (Lipinski definition) is 4. The number of aliphatic carboxylic acids is 1. The van der Waals surface area contributed by atoms with Gasteiger partial charge in [-0.15, -0.1) is 0 Å². The van der Waals surface area contributed by atoms with E-state index in [-0.39, 0.29) is 0 Å². The first-order valence-electron chi connectivity index (χ1n) is 5.48. The molecule has 0 aromatic rings. The first-order chi connectivity index (χ1) is 8.11. The van der Waals surface area contributed by atoms with Crippen molar-refractivity contribution in [1.29, 1.82) is 0 Å². The summed E-state index contributed by atoms with van der Waals surface area (Å²) < 4.78 is 4.87. The fraction of sp³-hybridized carbons (Fsp3) is 0.800. The third-order valence-electron chi connectivity index (χ3n) is 2.10. The molecule has 0 spiro atoms. The van der Waals surface area contributed by atoms with E-state index in [1.54, 1.807) is 7.11 Å². The van der Waals surface area contributed by atoms with Gasteiger partial charge in [0, 0.05) is 20.3 Å². The van der Waals surface area contributed by atoms with E-state index < -0.39 is 24.6 Å². The lowest BCUT2D eigenvalue weighted by Gasteiger charge is -2.12. The molecule has 0 heterocycles. The van der Waals surface area contributed by atoms with Crippen LogP contribution in [0.1, 0.15) is 19.3 Å². The third-order valence-corrected chi connectivity index (χ3v) is 2.10. The SMILES string of the molecule is COCCCCCNC(=O)N[C@@H](CO)C(=O)O. The first-order valence-corrected chi connectivity index (χ1v) is 5.48. The van der Waals surface area contributed by atoms with E-state index >= 15 is 0 Å². The molecule has 100 valence electrons. The van der Waals surface area contributed by atoms with Gasteiger partial charge in [0.1, 0.15) is 0 Å². The van der Waals surface area contributed by atoms with Gasteiger partial charge in [0.2, 0.25) is 0 Å². The van der Waals surface area contributed by atoms with Crippen molar-refractivity contribution in [3.05, 3.63) is 0 Å². The molecule has 0 fully saturated rings. The number of carboxylic acid groups (broad SMARTS) is 1. The summed E-state index contributed by atoms with van der Waals surface area (Å²) >= 11 is 0. The van der Waals surface area contributed by atoms with Crippen LogP contribution in [0, 0.1) is 0 Å². The Hall–Kier alpha value is -1.34. The second kappa shape index (κ2) is 9.86. The fourth-order valence-corrected chi connectivity index (χ4v) is 1.14. The van der Waals surface area contributed by atoms with Crippen LogP contribution < -0.4 is 10.6 Å². The highest BCUT2D eigenvalue weighted by molar-refractivity contribution is 5.82. The number of hydrogen-bond acceptors (Lipinski definition) is 4. The first kappa shape index (κ1) is 15.7. The zero-order valence-corrected chi connectivity index (χ0v) is 9.94. The molecule has 0 aliphatic rings. The Bertz CT molecular complexity index is 235. The lowest BCUT2D eigenvalue weighted by molar-refractivity contribution is -0.140. The van der Waals surface area contributed by atoms with Gasteiger partial charge in [-0.1, -0.05) is 0 Å². The monoisotopic (exact) mass is 248 g/mol. The zero-order valence-electron chi connectivity index (χ0n) is 9.94. The summed E-state index contributed by atoms with van der Waals surface area (Å²) in [6.07, 6.45) is 2.65. The Morgan fingerprint density at radius 3 is 2.53 bits per heavy atom. The van der Waals surface area contributed by atoms with Gasteiger partial charge in [-0.2, -0.15) is 0 Å². The summed E-state index contributed by atoms with van der Waals surface area (Å²) in [6, 6.07) is -1.85. The summed E-state index contributed by atoms with van der Waals surface area (Å²) in [5.74, 6) is -1.26. The van der Waals surface area contributed by atoms with E-state index in [0.717, 1.165) is 19.3 Å². The predicted molar refractivity (Wildman–Crippen MR) is 60.8 cm³/mol. The van der Waals surface area contributed by atoms with Gasteiger partial charge in [-0.25, -0.2) is 9.59 Å². The molecule has 0 bridgehead atoms. The highest BCUT2D eigenvalue weighted by atomic mass is 16.5. The summed E-state index contributed by atoms with van der Waals surface area (Å²) in [5, 5.41) is 21.9. The number of unbranched alkanes of at least 4 members (excludes halogenated alkanes) is 2. The minimum atomic E-state index is -1.26. The largest absolute Gasteiger partial charge is 0.480 e. The minimum Gasteiger partial charge on any atom is -0.480 e. The maximum Gasteiger partial charge on any atom is 0.328 e. The predicted octanol–water partition coefficient (Wildman–Crippen LogP) is -0.452. The van der Waals surface area contributed by atoms with Crippen LogP contribution >= 0.6 is 0 Å². The number of nitrogens with one attached hydrogen (secondary N) is 2. The quantitative estimate of drug-likeness (QED) is 0.413. The van der Waals surface area contributed by atoms with Gasteiger partial charge in [-0.3, -0.25) is 0 Å². The number of carbonyl (C=O) groups excluding carboxylic acids is 1. The van der Waals surface area contributed by atoms with Gasteiger partial charge in [0.05, 0.1) is 6.61 Å². The zero-order chi connectivity index (χ0) is 13.1. The highest BCUT2D eigenvalue weighted by Crippen LogP contribution is 1.93. The van der Waals surface area contributed by atoms with Crippen LogP contribution in [0.2, 0.25) is 0 Å². The second-order valence-electron chi connectivity index (χ2n) is 3.53. The average Bonchev–Trinajstić information content (AvgIpc) is 2.30. The van der Waals surface area contributed by atoms with Crippen molar-refractivity contribution in [2.75, 3.05) is 26.9 Å². The Kier molecular flexibility index (Phi) is 9.08. The van der Waals surface area contributed by atoms with E-state index in [1.807, 2.05) is 0 Å². The number of urea groups is 1. The molecule has 0 aromatic heterocycles. The number of carbonyl (C=O) groups is 2. The molecule has 0 saturated carbocycles. The van der Waals surface area contributed by atoms with Crippen LogP contribution in [0.4, 0.5) is 4.79 Å². The smallest absolute Gasteiger partial charge is 0.328 e. The van der Waals surface area contributed by atoms with Crippen LogP contribution in [0.25, 0.3) is 0 Å². The van der Waals surface area contributed by atoms with Crippen LogP contribution in [0.15, 0.2) is 0 Å².